The summed E-state index contributed by atoms with van der Waals surface area (Å²) < 4.78 is 5.24. The number of hydrogen-bond donors (Lipinski definition) is 0. The first-order chi connectivity index (χ1) is 10.3. The highest BCUT2D eigenvalue weighted by Crippen LogP contribution is 2.27. The van der Waals surface area contributed by atoms with Crippen molar-refractivity contribution in [3.05, 3.63) is 77.9 Å². The molecule has 1 nitrogen and oxygen atoms in total. The van der Waals surface area contributed by atoms with Crippen LogP contribution in [0.5, 0.6) is 5.75 Å². The van der Waals surface area contributed by atoms with Gasteiger partial charge in [0, 0.05) is 5.03 Å². The summed E-state index contributed by atoms with van der Waals surface area (Å²) in [5.41, 5.74) is 2.11. The van der Waals surface area contributed by atoms with Gasteiger partial charge in [-0.3, -0.25) is 0 Å². The molecule has 0 atom stereocenters. The second-order valence-corrected chi connectivity index (χ2v) is 5.24. The number of halogens is 1. The molecule has 3 aromatic rings. The summed E-state index contributed by atoms with van der Waals surface area (Å²) in [4.78, 5) is 0. The fraction of sp³-hybridized carbons (Fsp3) is 0.0526. The predicted molar refractivity (Wildman–Crippen MR) is 90.7 cm³/mol. The highest BCUT2D eigenvalue weighted by molar-refractivity contribution is 6.51. The van der Waals surface area contributed by atoms with E-state index in [2.05, 4.69) is 12.1 Å². The molecule has 21 heavy (non-hydrogen) atoms. The van der Waals surface area contributed by atoms with Crippen molar-refractivity contribution in [2.24, 2.45) is 0 Å². The quantitative estimate of drug-likeness (QED) is 0.573. The van der Waals surface area contributed by atoms with Gasteiger partial charge in [-0.25, -0.2) is 0 Å². The van der Waals surface area contributed by atoms with Gasteiger partial charge in [0.2, 0.25) is 0 Å². The number of methoxy groups -OCH3 is 1. The third kappa shape index (κ3) is 3.09. The van der Waals surface area contributed by atoms with E-state index in [0.29, 0.717) is 0 Å². The molecule has 0 N–H and O–H groups in total. The maximum Gasteiger partial charge on any atom is 0.119 e. The van der Waals surface area contributed by atoms with Crippen LogP contribution in [0.3, 0.4) is 0 Å². The molecule has 0 amide bonds. The Hall–Kier alpha value is -2.25. The average molecular weight is 295 g/mol. The lowest BCUT2D eigenvalue weighted by atomic mass is 10.1. The van der Waals surface area contributed by atoms with Crippen molar-refractivity contribution in [1.82, 2.24) is 0 Å². The highest BCUT2D eigenvalue weighted by atomic mass is 35.5. The van der Waals surface area contributed by atoms with E-state index in [1.54, 1.807) is 7.11 Å². The van der Waals surface area contributed by atoms with Crippen LogP contribution < -0.4 is 4.74 Å². The minimum absolute atomic E-state index is 0.735. The fourth-order valence-electron chi connectivity index (χ4n) is 2.28. The zero-order valence-electron chi connectivity index (χ0n) is 11.7. The van der Waals surface area contributed by atoms with E-state index >= 15 is 0 Å². The van der Waals surface area contributed by atoms with Gasteiger partial charge in [0.05, 0.1) is 7.11 Å². The van der Waals surface area contributed by atoms with Gasteiger partial charge in [-0.1, -0.05) is 60.1 Å². The predicted octanol–water partition coefficient (Wildman–Crippen LogP) is 5.59. The summed E-state index contributed by atoms with van der Waals surface area (Å²) in [5.74, 6) is 0.862. The van der Waals surface area contributed by atoms with Crippen molar-refractivity contribution < 1.29 is 4.74 Å². The van der Waals surface area contributed by atoms with E-state index in [4.69, 9.17) is 16.3 Å². The highest BCUT2D eigenvalue weighted by Gasteiger charge is 2.02. The first-order valence-electron chi connectivity index (χ1n) is 6.77. The van der Waals surface area contributed by atoms with Crippen LogP contribution >= 0.6 is 11.6 Å². The summed E-state index contributed by atoms with van der Waals surface area (Å²) in [6.07, 6.45) is 1.98. The second-order valence-electron chi connectivity index (χ2n) is 4.83. The lowest BCUT2D eigenvalue weighted by Gasteiger charge is -2.05. The van der Waals surface area contributed by atoms with Crippen LogP contribution in [0.2, 0.25) is 0 Å². The van der Waals surface area contributed by atoms with Crippen LogP contribution in [0.4, 0.5) is 0 Å². The lowest BCUT2D eigenvalue weighted by Crippen LogP contribution is -1.84. The SMILES string of the molecule is COc1ccc2cc(/C(Cl)=C/c3ccccc3)ccc2c1. The minimum Gasteiger partial charge on any atom is -0.497 e. The second kappa shape index (κ2) is 6.02. The summed E-state index contributed by atoms with van der Waals surface area (Å²) in [6, 6.07) is 22.3. The molecule has 3 rings (SSSR count). The molecule has 2 heteroatoms. The third-order valence-electron chi connectivity index (χ3n) is 3.42. The Morgan fingerprint density at radius 1 is 0.905 bits per heavy atom. The summed E-state index contributed by atoms with van der Waals surface area (Å²) >= 11 is 6.44. The van der Waals surface area contributed by atoms with Crippen LogP contribution in [-0.4, -0.2) is 7.11 Å². The Morgan fingerprint density at radius 2 is 1.62 bits per heavy atom. The van der Waals surface area contributed by atoms with E-state index in [9.17, 15) is 0 Å². The maximum absolute atomic E-state index is 6.44. The molecular weight excluding hydrogens is 280 g/mol. The average Bonchev–Trinajstić information content (AvgIpc) is 2.54. The van der Waals surface area contributed by atoms with Gasteiger partial charge in [0.15, 0.2) is 0 Å². The fourth-order valence-corrected chi connectivity index (χ4v) is 2.52. The molecule has 0 saturated carbocycles. The van der Waals surface area contributed by atoms with Crippen LogP contribution in [0.1, 0.15) is 11.1 Å². The van der Waals surface area contributed by atoms with Crippen molar-refractivity contribution in [3.63, 3.8) is 0 Å². The summed E-state index contributed by atoms with van der Waals surface area (Å²) in [7, 11) is 1.68. The molecule has 0 radical (unpaired) electrons. The van der Waals surface area contributed by atoms with Gasteiger partial charge in [0.1, 0.15) is 5.75 Å². The van der Waals surface area contributed by atoms with Crippen LogP contribution in [0.15, 0.2) is 66.7 Å². The van der Waals surface area contributed by atoms with E-state index in [1.807, 2.05) is 60.7 Å². The minimum atomic E-state index is 0.735. The maximum atomic E-state index is 6.44. The molecule has 0 saturated heterocycles. The zero-order chi connectivity index (χ0) is 14.7. The van der Waals surface area contributed by atoms with Crippen molar-refractivity contribution in [3.8, 4) is 5.75 Å². The zero-order valence-corrected chi connectivity index (χ0v) is 12.5. The van der Waals surface area contributed by atoms with Crippen LogP contribution in [-0.2, 0) is 0 Å². The molecule has 0 fully saturated rings. The van der Waals surface area contributed by atoms with Gasteiger partial charge in [-0.05, 0) is 46.2 Å². The summed E-state index contributed by atoms with van der Waals surface area (Å²) in [6.45, 7) is 0. The van der Waals surface area contributed by atoms with Crippen molar-refractivity contribution in [2.45, 2.75) is 0 Å². The molecule has 104 valence electrons. The smallest absolute Gasteiger partial charge is 0.119 e. The number of ether oxygens (including phenoxy) is 1. The van der Waals surface area contributed by atoms with Gasteiger partial charge in [0.25, 0.3) is 0 Å². The Balaban J connectivity index is 1.99. The molecule has 0 aliphatic carbocycles. The molecule has 0 aliphatic rings. The molecule has 0 aromatic heterocycles. The number of benzene rings is 3. The van der Waals surface area contributed by atoms with Crippen LogP contribution in [0, 0.1) is 0 Å². The molecule has 0 unspecified atom stereocenters. The number of hydrogen-bond acceptors (Lipinski definition) is 1. The van der Waals surface area contributed by atoms with Gasteiger partial charge in [-0.15, -0.1) is 0 Å². The van der Waals surface area contributed by atoms with E-state index in [-0.39, 0.29) is 0 Å². The van der Waals surface area contributed by atoms with Crippen LogP contribution in [0.25, 0.3) is 21.9 Å². The van der Waals surface area contributed by atoms with Crippen molar-refractivity contribution in [2.75, 3.05) is 7.11 Å². The largest absolute Gasteiger partial charge is 0.497 e. The Kier molecular flexibility index (Phi) is 3.94. The molecule has 0 heterocycles. The summed E-state index contributed by atoms with van der Waals surface area (Å²) in [5, 5.41) is 3.02. The molecule has 0 spiro atoms. The first-order valence-corrected chi connectivity index (χ1v) is 7.14. The van der Waals surface area contributed by atoms with E-state index < -0.39 is 0 Å². The Bertz CT molecular complexity index is 791. The number of rotatable bonds is 3. The first kappa shape index (κ1) is 13.7. The van der Waals surface area contributed by atoms with E-state index in [1.165, 1.54) is 0 Å². The van der Waals surface area contributed by atoms with Gasteiger partial charge in [-0.2, -0.15) is 0 Å². The lowest BCUT2D eigenvalue weighted by molar-refractivity contribution is 0.415. The van der Waals surface area contributed by atoms with E-state index in [0.717, 1.165) is 32.7 Å². The molecular formula is C19H15ClO. The molecule has 3 aromatic carbocycles. The standard InChI is InChI=1S/C19H15ClO/c1-21-18-10-9-15-12-17(8-7-16(15)13-18)19(20)11-14-5-3-2-4-6-14/h2-13H,1H3/b19-11-. The normalized spacial score (nSPS) is 11.6. The van der Waals surface area contributed by atoms with Gasteiger partial charge < -0.3 is 4.74 Å². The monoisotopic (exact) mass is 294 g/mol. The molecule has 0 aliphatic heterocycles. The van der Waals surface area contributed by atoms with Gasteiger partial charge >= 0.3 is 0 Å². The Morgan fingerprint density at radius 3 is 2.38 bits per heavy atom. The third-order valence-corrected chi connectivity index (χ3v) is 3.74. The topological polar surface area (TPSA) is 9.23 Å². The molecule has 0 bridgehead atoms. The van der Waals surface area contributed by atoms with Crippen molar-refractivity contribution in [1.29, 1.82) is 0 Å². The number of fused-ring (bicyclic) bond motifs is 1. The Labute approximate surface area is 129 Å². The van der Waals surface area contributed by atoms with Crippen molar-refractivity contribution >= 4 is 33.5 Å².